The molecule has 1 aromatic heterocycles. The minimum Gasteiger partial charge on any atom is -0.388 e. The van der Waals surface area contributed by atoms with E-state index >= 15 is 0 Å². The first-order valence-electron chi connectivity index (χ1n) is 9.81. The fourth-order valence-electron chi connectivity index (χ4n) is 4.03. The average molecular weight is 430 g/mol. The summed E-state index contributed by atoms with van der Waals surface area (Å²) in [6.45, 7) is 3.23. The van der Waals surface area contributed by atoms with Gasteiger partial charge < -0.3 is 15.4 Å². The van der Waals surface area contributed by atoms with Crippen LogP contribution in [0.2, 0.25) is 0 Å². The molecule has 0 aliphatic carbocycles. The lowest BCUT2D eigenvalue weighted by atomic mass is 9.89. The van der Waals surface area contributed by atoms with Crippen molar-refractivity contribution in [2.75, 3.05) is 0 Å². The maximum absolute atomic E-state index is 13.4. The molecule has 8 heteroatoms. The molecule has 1 saturated heterocycles. The van der Waals surface area contributed by atoms with Gasteiger partial charge in [0.15, 0.2) is 0 Å². The van der Waals surface area contributed by atoms with Crippen LogP contribution >= 0.6 is 0 Å². The van der Waals surface area contributed by atoms with Crippen LogP contribution in [0.25, 0.3) is 22.0 Å². The van der Waals surface area contributed by atoms with Crippen molar-refractivity contribution < 1.29 is 23.1 Å². The number of carbonyl (C=O) groups excluding carboxylic acids is 1. The van der Waals surface area contributed by atoms with Crippen LogP contribution in [0.4, 0.5) is 13.2 Å². The van der Waals surface area contributed by atoms with E-state index in [2.05, 4.69) is 10.3 Å². The van der Waals surface area contributed by atoms with Crippen molar-refractivity contribution in [1.82, 2.24) is 10.3 Å². The molecule has 1 aliphatic rings. The summed E-state index contributed by atoms with van der Waals surface area (Å²) >= 11 is 0. The van der Waals surface area contributed by atoms with Gasteiger partial charge in [0.05, 0.1) is 23.1 Å². The van der Waals surface area contributed by atoms with E-state index in [0.717, 1.165) is 6.07 Å². The SMILES string of the molecule is CC(C)(O)C1C[C@H](c2ccc3cc(-c4ccccc4C(F)(F)F)[nH]c(=O)c3c2)C(=O)N1. The summed E-state index contributed by atoms with van der Waals surface area (Å²) in [4.78, 5) is 27.7. The first kappa shape index (κ1) is 21.1. The van der Waals surface area contributed by atoms with E-state index < -0.39 is 34.9 Å². The maximum Gasteiger partial charge on any atom is 0.417 e. The summed E-state index contributed by atoms with van der Waals surface area (Å²) in [6.07, 6.45) is -4.18. The van der Waals surface area contributed by atoms with E-state index in [-0.39, 0.29) is 22.6 Å². The van der Waals surface area contributed by atoms with Gasteiger partial charge in [0.25, 0.3) is 5.56 Å². The monoisotopic (exact) mass is 430 g/mol. The second-order valence-corrected chi connectivity index (χ2v) is 8.41. The number of aromatic nitrogens is 1. The highest BCUT2D eigenvalue weighted by Crippen LogP contribution is 2.37. The predicted molar refractivity (Wildman–Crippen MR) is 111 cm³/mol. The molecule has 3 aromatic rings. The number of pyridine rings is 1. The van der Waals surface area contributed by atoms with Crippen LogP contribution in [0.1, 0.15) is 37.3 Å². The van der Waals surface area contributed by atoms with Gasteiger partial charge in [-0.2, -0.15) is 13.2 Å². The Kier molecular flexibility index (Phi) is 4.93. The number of fused-ring (bicyclic) bond motifs is 1. The van der Waals surface area contributed by atoms with Crippen molar-refractivity contribution in [3.05, 3.63) is 70.0 Å². The average Bonchev–Trinajstić information content (AvgIpc) is 3.09. The molecule has 2 heterocycles. The molecular formula is C23H21F3N2O3. The quantitative estimate of drug-likeness (QED) is 0.588. The molecule has 1 fully saturated rings. The molecule has 4 rings (SSSR count). The van der Waals surface area contributed by atoms with E-state index in [4.69, 9.17) is 0 Å². The molecule has 1 aliphatic heterocycles. The Balaban J connectivity index is 1.76. The zero-order chi connectivity index (χ0) is 22.6. The minimum absolute atomic E-state index is 0.0684. The van der Waals surface area contributed by atoms with Crippen molar-refractivity contribution >= 4 is 16.7 Å². The molecule has 0 spiro atoms. The van der Waals surface area contributed by atoms with Crippen molar-refractivity contribution in [2.45, 2.75) is 44.0 Å². The van der Waals surface area contributed by atoms with E-state index in [1.807, 2.05) is 0 Å². The number of nitrogens with one attached hydrogen (secondary N) is 2. The Morgan fingerprint density at radius 3 is 2.39 bits per heavy atom. The maximum atomic E-state index is 13.4. The highest BCUT2D eigenvalue weighted by Gasteiger charge is 2.40. The molecule has 162 valence electrons. The van der Waals surface area contributed by atoms with Gasteiger partial charge in [-0.15, -0.1) is 0 Å². The van der Waals surface area contributed by atoms with Gasteiger partial charge in [0, 0.05) is 16.6 Å². The lowest BCUT2D eigenvalue weighted by molar-refractivity contribution is -0.137. The number of carbonyl (C=O) groups is 1. The first-order chi connectivity index (χ1) is 14.4. The van der Waals surface area contributed by atoms with Crippen LogP contribution in [0.5, 0.6) is 0 Å². The zero-order valence-corrected chi connectivity index (χ0v) is 16.9. The molecule has 1 unspecified atom stereocenters. The number of aliphatic hydroxyl groups is 1. The highest BCUT2D eigenvalue weighted by atomic mass is 19.4. The first-order valence-corrected chi connectivity index (χ1v) is 9.81. The van der Waals surface area contributed by atoms with Gasteiger partial charge in [-0.1, -0.05) is 30.3 Å². The van der Waals surface area contributed by atoms with Crippen molar-refractivity contribution in [1.29, 1.82) is 0 Å². The fourth-order valence-corrected chi connectivity index (χ4v) is 4.03. The number of halogens is 3. The summed E-state index contributed by atoms with van der Waals surface area (Å²) in [5, 5.41) is 13.7. The number of benzene rings is 2. The van der Waals surface area contributed by atoms with Crippen LogP contribution in [0.15, 0.2) is 53.3 Å². The Hall–Kier alpha value is -3.13. The van der Waals surface area contributed by atoms with Crippen molar-refractivity contribution in [3.8, 4) is 11.3 Å². The number of hydrogen-bond acceptors (Lipinski definition) is 3. The van der Waals surface area contributed by atoms with Gasteiger partial charge in [-0.25, -0.2) is 0 Å². The molecule has 3 N–H and O–H groups in total. The number of H-pyrrole nitrogens is 1. The Morgan fingerprint density at radius 1 is 1.03 bits per heavy atom. The summed E-state index contributed by atoms with van der Waals surface area (Å²) in [5.74, 6) is -0.760. The van der Waals surface area contributed by atoms with E-state index in [1.165, 1.54) is 24.3 Å². The molecule has 2 atom stereocenters. The van der Waals surface area contributed by atoms with Gasteiger partial charge in [-0.05, 0) is 49.4 Å². The molecule has 0 radical (unpaired) electrons. The lowest BCUT2D eigenvalue weighted by Crippen LogP contribution is -2.43. The van der Waals surface area contributed by atoms with Crippen molar-refractivity contribution in [2.24, 2.45) is 0 Å². The van der Waals surface area contributed by atoms with Gasteiger partial charge in [-0.3, -0.25) is 9.59 Å². The number of hydrogen-bond donors (Lipinski definition) is 3. The summed E-state index contributed by atoms with van der Waals surface area (Å²) < 4.78 is 40.1. The van der Waals surface area contributed by atoms with Crippen LogP contribution in [0.3, 0.4) is 0 Å². The Bertz CT molecular complexity index is 1230. The van der Waals surface area contributed by atoms with Crippen molar-refractivity contribution in [3.63, 3.8) is 0 Å². The second kappa shape index (κ2) is 7.23. The molecule has 5 nitrogen and oxygen atoms in total. The van der Waals surface area contributed by atoms with Gasteiger partial charge in [0.1, 0.15) is 0 Å². The third-order valence-electron chi connectivity index (χ3n) is 5.75. The third kappa shape index (κ3) is 3.95. The molecular weight excluding hydrogens is 409 g/mol. The summed E-state index contributed by atoms with van der Waals surface area (Å²) in [7, 11) is 0. The lowest BCUT2D eigenvalue weighted by Gasteiger charge is -2.25. The normalized spacial score (nSPS) is 19.6. The molecule has 1 amide bonds. The largest absolute Gasteiger partial charge is 0.417 e. The third-order valence-corrected chi connectivity index (χ3v) is 5.75. The number of aromatic amines is 1. The molecule has 0 bridgehead atoms. The number of alkyl halides is 3. The van der Waals surface area contributed by atoms with Crippen LogP contribution in [-0.2, 0) is 11.0 Å². The molecule has 31 heavy (non-hydrogen) atoms. The molecule has 0 saturated carbocycles. The topological polar surface area (TPSA) is 82.2 Å². The Morgan fingerprint density at radius 2 is 1.74 bits per heavy atom. The van der Waals surface area contributed by atoms with Gasteiger partial charge >= 0.3 is 6.18 Å². The van der Waals surface area contributed by atoms with Crippen LogP contribution in [0, 0.1) is 0 Å². The fraction of sp³-hybridized carbons (Fsp3) is 0.304. The second-order valence-electron chi connectivity index (χ2n) is 8.41. The number of rotatable bonds is 3. The smallest absolute Gasteiger partial charge is 0.388 e. The van der Waals surface area contributed by atoms with Crippen LogP contribution < -0.4 is 10.9 Å². The summed E-state index contributed by atoms with van der Waals surface area (Å²) in [5.41, 5.74) is -1.88. The van der Waals surface area contributed by atoms with E-state index in [1.54, 1.807) is 32.0 Å². The molecule has 2 aromatic carbocycles. The van der Waals surface area contributed by atoms with E-state index in [9.17, 15) is 27.9 Å². The highest BCUT2D eigenvalue weighted by molar-refractivity contribution is 5.90. The number of amides is 1. The predicted octanol–water partition coefficient (Wildman–Crippen LogP) is 3.96. The van der Waals surface area contributed by atoms with Gasteiger partial charge in [0.2, 0.25) is 5.91 Å². The standard InChI is InChI=1S/C23H21F3N2O3/c1-22(2,31)19-11-16(21(30)28-19)12-7-8-13-10-18(27-20(29)15(13)9-12)14-5-3-4-6-17(14)23(24,25)26/h3-10,16,19,31H,11H2,1-2H3,(H,27,29)(H,28,30)/t16-,19?/m1/s1. The zero-order valence-electron chi connectivity index (χ0n) is 16.9. The Labute approximate surface area is 175 Å². The minimum atomic E-state index is -4.56. The summed E-state index contributed by atoms with van der Waals surface area (Å²) in [6, 6.07) is 11.1. The van der Waals surface area contributed by atoms with E-state index in [0.29, 0.717) is 17.4 Å². The van der Waals surface area contributed by atoms with Crippen LogP contribution in [-0.4, -0.2) is 27.6 Å².